The zero-order valence-corrected chi connectivity index (χ0v) is 6.76. The van der Waals surface area contributed by atoms with Crippen molar-refractivity contribution in [1.82, 2.24) is 0 Å². The molecule has 0 unspecified atom stereocenters. The second-order valence-electron chi connectivity index (χ2n) is 2.07. The van der Waals surface area contributed by atoms with E-state index < -0.39 is 0 Å². The molecule has 0 aliphatic heterocycles. The van der Waals surface area contributed by atoms with E-state index in [0.29, 0.717) is 6.61 Å². The maximum Gasteiger partial charge on any atom is 0.173 e. The van der Waals surface area contributed by atoms with Gasteiger partial charge in [-0.1, -0.05) is 6.92 Å². The fourth-order valence-corrected chi connectivity index (χ4v) is 0.448. The van der Waals surface area contributed by atoms with Crippen LogP contribution >= 0.6 is 0 Å². The van der Waals surface area contributed by atoms with Crippen molar-refractivity contribution in [1.29, 1.82) is 5.26 Å². The highest BCUT2D eigenvalue weighted by Crippen LogP contribution is 1.94. The lowest BCUT2D eigenvalue weighted by Gasteiger charge is -1.95. The van der Waals surface area contributed by atoms with Crippen molar-refractivity contribution in [3.63, 3.8) is 0 Å². The van der Waals surface area contributed by atoms with E-state index in [1.807, 2.05) is 6.92 Å². The lowest BCUT2D eigenvalue weighted by molar-refractivity contribution is -0.113. The predicted molar refractivity (Wildman–Crippen MR) is 40.6 cm³/mol. The Labute approximate surface area is 66.3 Å². The molecule has 60 valence electrons. The average Bonchev–Trinajstić information content (AvgIpc) is 1.97. The minimum absolute atomic E-state index is 0.0680. The monoisotopic (exact) mass is 153 g/mol. The number of Topliss-reactive ketones (excluding diaryl/α,β-unsaturated/α-hetero) is 1. The van der Waals surface area contributed by atoms with Gasteiger partial charge in [-0.2, -0.15) is 5.26 Å². The summed E-state index contributed by atoms with van der Waals surface area (Å²) in [6.45, 7) is 3.83. The second-order valence-corrected chi connectivity index (χ2v) is 2.07. The SMILES string of the molecule is CCCO/C=C(/C#N)C(C)=O. The minimum atomic E-state index is -0.261. The van der Waals surface area contributed by atoms with Crippen LogP contribution in [0.4, 0.5) is 0 Å². The highest BCUT2D eigenvalue weighted by molar-refractivity contribution is 5.96. The summed E-state index contributed by atoms with van der Waals surface area (Å²) in [5, 5.41) is 8.38. The van der Waals surface area contributed by atoms with E-state index in [1.165, 1.54) is 13.2 Å². The lowest BCUT2D eigenvalue weighted by atomic mass is 10.2. The van der Waals surface area contributed by atoms with Crippen LogP contribution in [0.25, 0.3) is 0 Å². The van der Waals surface area contributed by atoms with Gasteiger partial charge in [-0.05, 0) is 13.3 Å². The third-order valence-corrected chi connectivity index (χ3v) is 1.02. The summed E-state index contributed by atoms with van der Waals surface area (Å²) in [4.78, 5) is 10.6. The first-order valence-electron chi connectivity index (χ1n) is 3.45. The molecule has 0 N–H and O–H groups in total. The van der Waals surface area contributed by atoms with Gasteiger partial charge in [0.2, 0.25) is 0 Å². The highest BCUT2D eigenvalue weighted by atomic mass is 16.5. The van der Waals surface area contributed by atoms with Crippen LogP contribution in [0.2, 0.25) is 0 Å². The summed E-state index contributed by atoms with van der Waals surface area (Å²) < 4.78 is 4.89. The zero-order valence-electron chi connectivity index (χ0n) is 6.76. The molecule has 0 aromatic rings. The van der Waals surface area contributed by atoms with Crippen LogP contribution in [-0.4, -0.2) is 12.4 Å². The molecule has 0 aliphatic rings. The summed E-state index contributed by atoms with van der Waals surface area (Å²) in [5.74, 6) is -0.261. The number of allylic oxidation sites excluding steroid dienone is 1. The number of ether oxygens (including phenoxy) is 1. The number of ketones is 1. The van der Waals surface area contributed by atoms with Crippen molar-refractivity contribution in [2.24, 2.45) is 0 Å². The normalized spacial score (nSPS) is 10.5. The molecule has 0 aromatic carbocycles. The number of hydrogen-bond donors (Lipinski definition) is 0. The molecule has 0 spiro atoms. The molecule has 0 saturated carbocycles. The summed E-state index contributed by atoms with van der Waals surface area (Å²) in [5.41, 5.74) is 0.0680. The van der Waals surface area contributed by atoms with E-state index in [2.05, 4.69) is 0 Å². The largest absolute Gasteiger partial charge is 0.500 e. The number of carbonyl (C=O) groups excluding carboxylic acids is 1. The van der Waals surface area contributed by atoms with E-state index in [1.54, 1.807) is 6.07 Å². The highest BCUT2D eigenvalue weighted by Gasteiger charge is 2.00. The molecule has 0 radical (unpaired) electrons. The standard InChI is InChI=1S/C8H11NO2/c1-3-4-11-6-8(5-9)7(2)10/h6H,3-4H2,1-2H3/b8-6-. The van der Waals surface area contributed by atoms with Gasteiger partial charge in [0.05, 0.1) is 6.61 Å². The van der Waals surface area contributed by atoms with Crippen molar-refractivity contribution in [3.8, 4) is 6.07 Å². The number of carbonyl (C=O) groups is 1. The van der Waals surface area contributed by atoms with Crippen LogP contribution in [0.3, 0.4) is 0 Å². The Balaban J connectivity index is 3.95. The molecular weight excluding hydrogens is 142 g/mol. The maximum atomic E-state index is 10.6. The number of hydrogen-bond acceptors (Lipinski definition) is 3. The summed E-state index contributed by atoms with van der Waals surface area (Å²) >= 11 is 0. The lowest BCUT2D eigenvalue weighted by Crippen LogP contribution is -1.95. The number of nitrogens with zero attached hydrogens (tertiary/aromatic N) is 1. The van der Waals surface area contributed by atoms with Crippen LogP contribution in [0.5, 0.6) is 0 Å². The third kappa shape index (κ3) is 4.15. The van der Waals surface area contributed by atoms with Gasteiger partial charge in [0.15, 0.2) is 5.78 Å². The van der Waals surface area contributed by atoms with Crippen molar-refractivity contribution in [3.05, 3.63) is 11.8 Å². The molecular formula is C8H11NO2. The van der Waals surface area contributed by atoms with Crippen molar-refractivity contribution >= 4 is 5.78 Å². The Hall–Kier alpha value is -1.30. The Morgan fingerprint density at radius 3 is 2.73 bits per heavy atom. The number of rotatable bonds is 4. The van der Waals surface area contributed by atoms with Gasteiger partial charge in [0.25, 0.3) is 0 Å². The fraction of sp³-hybridized carbons (Fsp3) is 0.500. The molecule has 0 saturated heterocycles. The molecule has 0 amide bonds. The zero-order chi connectivity index (χ0) is 8.69. The smallest absolute Gasteiger partial charge is 0.173 e. The first kappa shape index (κ1) is 9.70. The summed E-state index contributed by atoms with van der Waals surface area (Å²) in [6.07, 6.45) is 2.08. The van der Waals surface area contributed by atoms with Crippen LogP contribution in [0.1, 0.15) is 20.3 Å². The van der Waals surface area contributed by atoms with Crippen LogP contribution < -0.4 is 0 Å². The van der Waals surface area contributed by atoms with E-state index >= 15 is 0 Å². The van der Waals surface area contributed by atoms with Gasteiger partial charge in [-0.15, -0.1) is 0 Å². The van der Waals surface area contributed by atoms with E-state index in [-0.39, 0.29) is 11.4 Å². The molecule has 11 heavy (non-hydrogen) atoms. The molecule has 3 nitrogen and oxygen atoms in total. The van der Waals surface area contributed by atoms with Crippen molar-refractivity contribution < 1.29 is 9.53 Å². The quantitative estimate of drug-likeness (QED) is 0.265. The third-order valence-electron chi connectivity index (χ3n) is 1.02. The maximum absolute atomic E-state index is 10.6. The molecule has 0 fully saturated rings. The topological polar surface area (TPSA) is 50.1 Å². The van der Waals surface area contributed by atoms with Gasteiger partial charge in [0.1, 0.15) is 17.9 Å². The van der Waals surface area contributed by atoms with Gasteiger partial charge in [-0.3, -0.25) is 4.79 Å². The molecule has 0 aromatic heterocycles. The Kier molecular flexibility index (Phi) is 4.83. The van der Waals surface area contributed by atoms with Crippen LogP contribution in [0, 0.1) is 11.3 Å². The van der Waals surface area contributed by atoms with E-state index in [4.69, 9.17) is 10.00 Å². The first-order chi connectivity index (χ1) is 5.22. The molecule has 0 bridgehead atoms. The fourth-order valence-electron chi connectivity index (χ4n) is 0.448. The molecule has 3 heteroatoms. The van der Waals surface area contributed by atoms with Gasteiger partial charge < -0.3 is 4.74 Å². The Morgan fingerprint density at radius 2 is 2.36 bits per heavy atom. The van der Waals surface area contributed by atoms with Gasteiger partial charge >= 0.3 is 0 Å². The predicted octanol–water partition coefficient (Wildman–Crippen LogP) is 1.41. The molecule has 0 heterocycles. The Morgan fingerprint density at radius 1 is 1.73 bits per heavy atom. The van der Waals surface area contributed by atoms with Gasteiger partial charge in [-0.25, -0.2) is 0 Å². The number of nitriles is 1. The van der Waals surface area contributed by atoms with Crippen LogP contribution in [0.15, 0.2) is 11.8 Å². The molecule has 0 rings (SSSR count). The van der Waals surface area contributed by atoms with E-state index in [0.717, 1.165) is 6.42 Å². The average molecular weight is 153 g/mol. The summed E-state index contributed by atoms with van der Waals surface area (Å²) in [7, 11) is 0. The first-order valence-corrected chi connectivity index (χ1v) is 3.45. The summed E-state index contributed by atoms with van der Waals surface area (Å²) in [6, 6.07) is 1.75. The van der Waals surface area contributed by atoms with Crippen LogP contribution in [-0.2, 0) is 9.53 Å². The van der Waals surface area contributed by atoms with E-state index in [9.17, 15) is 4.79 Å². The Bertz CT molecular complexity index is 201. The van der Waals surface area contributed by atoms with Gasteiger partial charge in [0, 0.05) is 0 Å². The minimum Gasteiger partial charge on any atom is -0.500 e. The van der Waals surface area contributed by atoms with Crippen molar-refractivity contribution in [2.75, 3.05) is 6.61 Å². The van der Waals surface area contributed by atoms with Crippen molar-refractivity contribution in [2.45, 2.75) is 20.3 Å². The molecule has 0 aliphatic carbocycles. The molecule has 0 atom stereocenters. The second kappa shape index (κ2) is 5.48.